The van der Waals surface area contributed by atoms with Crippen LogP contribution in [0.1, 0.15) is 32.8 Å². The van der Waals surface area contributed by atoms with Crippen LogP contribution in [0.25, 0.3) is 0 Å². The largest absolute Gasteiger partial charge is 0.370 e. The van der Waals surface area contributed by atoms with Gasteiger partial charge in [-0.3, -0.25) is 4.79 Å². The molecular weight excluding hydrogens is 254 g/mol. The van der Waals surface area contributed by atoms with Crippen molar-refractivity contribution in [3.8, 4) is 0 Å². The van der Waals surface area contributed by atoms with Crippen LogP contribution in [0.5, 0.6) is 0 Å². The van der Waals surface area contributed by atoms with E-state index in [-0.39, 0.29) is 11.9 Å². The van der Waals surface area contributed by atoms with Gasteiger partial charge in [0.05, 0.1) is 0 Å². The number of nitrogens with zero attached hydrogens (tertiary/aromatic N) is 3. The van der Waals surface area contributed by atoms with Crippen LogP contribution in [0.2, 0.25) is 0 Å². The molecule has 2 rings (SSSR count). The molecule has 1 aromatic rings. The Bertz CT molecular complexity index is 477. The second kappa shape index (κ2) is 6.54. The Kier molecular flexibility index (Phi) is 4.76. The average Bonchev–Trinajstić information content (AvgIpc) is 2.47. The number of carbonyl (C=O) groups is 1. The summed E-state index contributed by atoms with van der Waals surface area (Å²) in [4.78, 5) is 22.9. The fraction of sp³-hybridized carbons (Fsp3) is 0.643. The summed E-state index contributed by atoms with van der Waals surface area (Å²) in [5, 5.41) is 6.19. The van der Waals surface area contributed by atoms with Crippen molar-refractivity contribution in [3.63, 3.8) is 0 Å². The summed E-state index contributed by atoms with van der Waals surface area (Å²) in [5.41, 5.74) is 1.09. The molecule has 0 saturated carbocycles. The van der Waals surface area contributed by atoms with Crippen molar-refractivity contribution in [2.75, 3.05) is 29.9 Å². The Morgan fingerprint density at radius 2 is 2.20 bits per heavy atom. The third-order valence-corrected chi connectivity index (χ3v) is 3.61. The van der Waals surface area contributed by atoms with E-state index in [1.165, 1.54) is 0 Å². The van der Waals surface area contributed by atoms with Crippen LogP contribution < -0.4 is 15.5 Å². The maximum atomic E-state index is 12.0. The van der Waals surface area contributed by atoms with Gasteiger partial charge in [-0.1, -0.05) is 13.8 Å². The molecule has 1 aromatic heterocycles. The number of nitrogens with one attached hydrogen (secondary N) is 2. The fourth-order valence-corrected chi connectivity index (χ4v) is 2.67. The number of amides is 1. The van der Waals surface area contributed by atoms with Gasteiger partial charge in [-0.15, -0.1) is 0 Å². The first-order valence-corrected chi connectivity index (χ1v) is 7.34. The highest BCUT2D eigenvalue weighted by atomic mass is 16.2. The highest BCUT2D eigenvalue weighted by molar-refractivity contribution is 5.86. The van der Waals surface area contributed by atoms with E-state index in [1.54, 1.807) is 6.33 Å². The van der Waals surface area contributed by atoms with Crippen LogP contribution in [-0.4, -0.2) is 41.6 Å². The standard InChI is InChI=1S/C14H23N5O/c1-4-10-12(15-6-3)17-9-18-13(10)19-8-7-16-14(20)11(19)5-2/h9,11H,4-8H2,1-3H3,(H,16,20)(H,15,17,18). The maximum Gasteiger partial charge on any atom is 0.242 e. The number of rotatable bonds is 5. The molecule has 1 fully saturated rings. The second-order valence-electron chi connectivity index (χ2n) is 4.82. The normalized spacial score (nSPS) is 18.9. The molecule has 110 valence electrons. The molecule has 0 aromatic carbocycles. The lowest BCUT2D eigenvalue weighted by atomic mass is 10.1. The molecule has 6 heteroatoms. The first kappa shape index (κ1) is 14.6. The molecule has 2 N–H and O–H groups in total. The van der Waals surface area contributed by atoms with Gasteiger partial charge < -0.3 is 15.5 Å². The Balaban J connectivity index is 2.39. The fourth-order valence-electron chi connectivity index (χ4n) is 2.67. The van der Waals surface area contributed by atoms with Crippen molar-refractivity contribution in [2.45, 2.75) is 39.7 Å². The van der Waals surface area contributed by atoms with Crippen molar-refractivity contribution in [3.05, 3.63) is 11.9 Å². The molecular formula is C14H23N5O. The van der Waals surface area contributed by atoms with Gasteiger partial charge in [0, 0.05) is 25.2 Å². The molecule has 2 heterocycles. The lowest BCUT2D eigenvalue weighted by Crippen LogP contribution is -2.55. The maximum absolute atomic E-state index is 12.0. The molecule has 6 nitrogen and oxygen atoms in total. The van der Waals surface area contributed by atoms with E-state index in [4.69, 9.17) is 0 Å². The predicted octanol–water partition coefficient (Wildman–Crippen LogP) is 1.19. The second-order valence-corrected chi connectivity index (χ2v) is 4.82. The van der Waals surface area contributed by atoms with E-state index in [9.17, 15) is 4.79 Å². The van der Waals surface area contributed by atoms with Gasteiger partial charge in [-0.25, -0.2) is 9.97 Å². The van der Waals surface area contributed by atoms with Crippen LogP contribution >= 0.6 is 0 Å². The lowest BCUT2D eigenvalue weighted by molar-refractivity contribution is -0.123. The Morgan fingerprint density at radius 1 is 1.40 bits per heavy atom. The first-order chi connectivity index (χ1) is 9.72. The van der Waals surface area contributed by atoms with Crippen molar-refractivity contribution in [1.82, 2.24) is 15.3 Å². The molecule has 1 unspecified atom stereocenters. The number of hydrogen-bond donors (Lipinski definition) is 2. The number of carbonyl (C=O) groups excluding carboxylic acids is 1. The molecule has 1 aliphatic heterocycles. The van der Waals surface area contributed by atoms with E-state index < -0.39 is 0 Å². The minimum atomic E-state index is -0.140. The molecule has 1 atom stereocenters. The van der Waals surface area contributed by atoms with Gasteiger partial charge in [-0.2, -0.15) is 0 Å². The smallest absolute Gasteiger partial charge is 0.242 e. The molecule has 1 amide bonds. The van der Waals surface area contributed by atoms with Crippen molar-refractivity contribution in [1.29, 1.82) is 0 Å². The molecule has 20 heavy (non-hydrogen) atoms. The Labute approximate surface area is 120 Å². The number of aromatic nitrogens is 2. The van der Waals surface area contributed by atoms with Gasteiger partial charge in [0.25, 0.3) is 0 Å². The summed E-state index contributed by atoms with van der Waals surface area (Å²) >= 11 is 0. The molecule has 0 radical (unpaired) electrons. The summed E-state index contributed by atoms with van der Waals surface area (Å²) in [6.45, 7) is 8.44. The van der Waals surface area contributed by atoms with Gasteiger partial charge in [-0.05, 0) is 19.8 Å². The van der Waals surface area contributed by atoms with E-state index in [0.717, 1.165) is 43.1 Å². The van der Waals surface area contributed by atoms with E-state index in [0.29, 0.717) is 6.54 Å². The van der Waals surface area contributed by atoms with Gasteiger partial charge in [0.2, 0.25) is 5.91 Å². The van der Waals surface area contributed by atoms with Crippen LogP contribution in [0.15, 0.2) is 6.33 Å². The van der Waals surface area contributed by atoms with Crippen LogP contribution in [0, 0.1) is 0 Å². The molecule has 0 bridgehead atoms. The highest BCUT2D eigenvalue weighted by Gasteiger charge is 2.30. The summed E-state index contributed by atoms with van der Waals surface area (Å²) in [7, 11) is 0. The SMILES string of the molecule is CCNc1ncnc(N2CCNC(=O)C2CC)c1CC. The molecule has 0 spiro atoms. The van der Waals surface area contributed by atoms with Crippen LogP contribution in [0.4, 0.5) is 11.6 Å². The van der Waals surface area contributed by atoms with E-state index in [1.807, 2.05) is 13.8 Å². The van der Waals surface area contributed by atoms with E-state index in [2.05, 4.69) is 32.4 Å². The summed E-state index contributed by atoms with van der Waals surface area (Å²) < 4.78 is 0. The summed E-state index contributed by atoms with van der Waals surface area (Å²) in [5.74, 6) is 1.85. The quantitative estimate of drug-likeness (QED) is 0.846. The number of anilines is 2. The monoisotopic (exact) mass is 277 g/mol. The van der Waals surface area contributed by atoms with Gasteiger partial charge >= 0.3 is 0 Å². The van der Waals surface area contributed by atoms with Crippen LogP contribution in [0.3, 0.4) is 0 Å². The average molecular weight is 277 g/mol. The van der Waals surface area contributed by atoms with Crippen molar-refractivity contribution in [2.24, 2.45) is 0 Å². The Morgan fingerprint density at radius 3 is 2.85 bits per heavy atom. The minimum absolute atomic E-state index is 0.0874. The third-order valence-electron chi connectivity index (χ3n) is 3.61. The van der Waals surface area contributed by atoms with Gasteiger partial charge in [0.15, 0.2) is 0 Å². The predicted molar refractivity (Wildman–Crippen MR) is 80.0 cm³/mol. The molecule has 0 aliphatic carbocycles. The van der Waals surface area contributed by atoms with Crippen LogP contribution in [-0.2, 0) is 11.2 Å². The lowest BCUT2D eigenvalue weighted by Gasteiger charge is -2.36. The molecule has 1 saturated heterocycles. The van der Waals surface area contributed by atoms with Crippen molar-refractivity contribution < 1.29 is 4.79 Å². The highest BCUT2D eigenvalue weighted by Crippen LogP contribution is 2.27. The molecule has 1 aliphatic rings. The number of piperazine rings is 1. The first-order valence-electron chi connectivity index (χ1n) is 7.34. The third kappa shape index (κ3) is 2.69. The van der Waals surface area contributed by atoms with Crippen molar-refractivity contribution >= 4 is 17.5 Å². The zero-order chi connectivity index (χ0) is 14.5. The Hall–Kier alpha value is -1.85. The summed E-state index contributed by atoms with van der Waals surface area (Å²) in [6.07, 6.45) is 3.19. The summed E-state index contributed by atoms with van der Waals surface area (Å²) in [6, 6.07) is -0.140. The van der Waals surface area contributed by atoms with E-state index >= 15 is 0 Å². The number of hydrogen-bond acceptors (Lipinski definition) is 5. The topological polar surface area (TPSA) is 70.2 Å². The zero-order valence-corrected chi connectivity index (χ0v) is 12.4. The zero-order valence-electron chi connectivity index (χ0n) is 12.4. The minimum Gasteiger partial charge on any atom is -0.370 e. The van der Waals surface area contributed by atoms with Gasteiger partial charge in [0.1, 0.15) is 24.0 Å².